The molecule has 0 aromatic heterocycles. The van der Waals surface area contributed by atoms with E-state index in [2.05, 4.69) is 18.1 Å². The summed E-state index contributed by atoms with van der Waals surface area (Å²) >= 11 is 0. The maximum absolute atomic E-state index is 8.52. The first kappa shape index (κ1) is 8.75. The summed E-state index contributed by atoms with van der Waals surface area (Å²) in [5, 5.41) is 13.9. The van der Waals surface area contributed by atoms with Gasteiger partial charge in [0.25, 0.3) is 0 Å². The fourth-order valence-electron chi connectivity index (χ4n) is 1.65. The summed E-state index contributed by atoms with van der Waals surface area (Å²) in [6.45, 7) is 2.07. The van der Waals surface area contributed by atoms with Crippen LogP contribution in [0.1, 0.15) is 11.1 Å². The van der Waals surface area contributed by atoms with Crippen molar-refractivity contribution in [2.75, 3.05) is 0 Å². The van der Waals surface area contributed by atoms with Gasteiger partial charge in [-0.1, -0.05) is 41.6 Å². The molecule has 2 rings (SSSR count). The van der Waals surface area contributed by atoms with Gasteiger partial charge in [-0.25, -0.2) is 0 Å². The minimum absolute atomic E-state index is 0.939. The van der Waals surface area contributed by atoms with Crippen molar-refractivity contribution in [3.63, 3.8) is 0 Å². The first-order valence-electron chi connectivity index (χ1n) is 4.48. The molecular formula is C12H11NO. The highest BCUT2D eigenvalue weighted by Gasteiger charge is 2.00. The lowest BCUT2D eigenvalue weighted by atomic mass is 10.0. The fourth-order valence-corrected chi connectivity index (χ4v) is 1.65. The Morgan fingerprint density at radius 2 is 1.79 bits per heavy atom. The van der Waals surface area contributed by atoms with Gasteiger partial charge in [0, 0.05) is 5.56 Å². The molecule has 0 heterocycles. The Morgan fingerprint density at radius 3 is 2.50 bits per heavy atom. The summed E-state index contributed by atoms with van der Waals surface area (Å²) in [5.74, 6) is 0. The van der Waals surface area contributed by atoms with Gasteiger partial charge < -0.3 is 5.21 Å². The maximum Gasteiger partial charge on any atom is 0.0740 e. The van der Waals surface area contributed by atoms with Crippen molar-refractivity contribution in [1.82, 2.24) is 0 Å². The molecule has 2 aromatic carbocycles. The molecule has 2 nitrogen and oxygen atoms in total. The van der Waals surface area contributed by atoms with Crippen molar-refractivity contribution < 1.29 is 5.21 Å². The van der Waals surface area contributed by atoms with Crippen LogP contribution in [-0.2, 0) is 0 Å². The van der Waals surface area contributed by atoms with E-state index in [-0.39, 0.29) is 0 Å². The summed E-state index contributed by atoms with van der Waals surface area (Å²) in [4.78, 5) is 0. The minimum Gasteiger partial charge on any atom is -0.411 e. The molecule has 0 fully saturated rings. The number of hydrogen-bond donors (Lipinski definition) is 1. The second-order valence-corrected chi connectivity index (χ2v) is 3.26. The smallest absolute Gasteiger partial charge is 0.0740 e. The second-order valence-electron chi connectivity index (χ2n) is 3.26. The summed E-state index contributed by atoms with van der Waals surface area (Å²) < 4.78 is 0. The van der Waals surface area contributed by atoms with E-state index < -0.39 is 0 Å². The van der Waals surface area contributed by atoms with Crippen LogP contribution >= 0.6 is 0 Å². The molecule has 0 atom stereocenters. The van der Waals surface area contributed by atoms with Crippen molar-refractivity contribution in [2.24, 2.45) is 5.16 Å². The lowest BCUT2D eigenvalue weighted by Crippen LogP contribution is -1.86. The lowest BCUT2D eigenvalue weighted by Gasteiger charge is -2.04. The number of benzene rings is 2. The largest absolute Gasteiger partial charge is 0.411 e. The summed E-state index contributed by atoms with van der Waals surface area (Å²) in [5.41, 5.74) is 2.17. The lowest BCUT2D eigenvalue weighted by molar-refractivity contribution is 0.322. The highest BCUT2D eigenvalue weighted by molar-refractivity contribution is 6.00. The van der Waals surface area contributed by atoms with Crippen LogP contribution in [0.15, 0.2) is 41.6 Å². The molecule has 0 amide bonds. The minimum atomic E-state index is 0.939. The summed E-state index contributed by atoms with van der Waals surface area (Å²) in [6, 6.07) is 12.1. The zero-order chi connectivity index (χ0) is 9.97. The van der Waals surface area contributed by atoms with E-state index in [1.165, 1.54) is 17.2 Å². The van der Waals surface area contributed by atoms with Crippen molar-refractivity contribution in [3.8, 4) is 0 Å². The molecule has 2 aromatic rings. The first-order chi connectivity index (χ1) is 6.83. The highest BCUT2D eigenvalue weighted by Crippen LogP contribution is 2.20. The highest BCUT2D eigenvalue weighted by atomic mass is 16.4. The van der Waals surface area contributed by atoms with Gasteiger partial charge in [0.05, 0.1) is 6.21 Å². The Hall–Kier alpha value is -1.83. The van der Waals surface area contributed by atoms with Gasteiger partial charge in [0.1, 0.15) is 0 Å². The Morgan fingerprint density at radius 1 is 1.07 bits per heavy atom. The molecule has 70 valence electrons. The van der Waals surface area contributed by atoms with Crippen LogP contribution in [-0.4, -0.2) is 11.4 Å². The maximum atomic E-state index is 8.52. The molecule has 0 radical (unpaired) electrons. The van der Waals surface area contributed by atoms with Crippen LogP contribution in [0.5, 0.6) is 0 Å². The van der Waals surface area contributed by atoms with E-state index in [4.69, 9.17) is 5.21 Å². The van der Waals surface area contributed by atoms with Crippen LogP contribution in [0.2, 0.25) is 0 Å². The van der Waals surface area contributed by atoms with Crippen molar-refractivity contribution in [1.29, 1.82) is 0 Å². The van der Waals surface area contributed by atoms with Crippen LogP contribution in [0.25, 0.3) is 10.8 Å². The van der Waals surface area contributed by atoms with Gasteiger partial charge in [0.2, 0.25) is 0 Å². The molecule has 0 unspecified atom stereocenters. The predicted molar refractivity (Wildman–Crippen MR) is 58.1 cm³/mol. The third-order valence-electron chi connectivity index (χ3n) is 2.37. The van der Waals surface area contributed by atoms with Crippen LogP contribution in [0, 0.1) is 6.92 Å². The molecule has 0 spiro atoms. The van der Waals surface area contributed by atoms with E-state index in [1.807, 2.05) is 30.3 Å². The number of rotatable bonds is 1. The molecule has 14 heavy (non-hydrogen) atoms. The van der Waals surface area contributed by atoms with Gasteiger partial charge in [-0.3, -0.25) is 0 Å². The molecular weight excluding hydrogens is 174 g/mol. The predicted octanol–water partition coefficient (Wildman–Crippen LogP) is 2.96. The van der Waals surface area contributed by atoms with Crippen molar-refractivity contribution in [3.05, 3.63) is 47.5 Å². The normalized spacial score (nSPS) is 11.2. The van der Waals surface area contributed by atoms with E-state index in [0.29, 0.717) is 0 Å². The molecule has 1 N–H and O–H groups in total. The number of nitrogens with zero attached hydrogens (tertiary/aromatic N) is 1. The average Bonchev–Trinajstić information content (AvgIpc) is 2.23. The third-order valence-corrected chi connectivity index (χ3v) is 2.37. The Balaban J connectivity index is 2.81. The van der Waals surface area contributed by atoms with Gasteiger partial charge in [-0.15, -0.1) is 0 Å². The van der Waals surface area contributed by atoms with Gasteiger partial charge in [-0.2, -0.15) is 0 Å². The SMILES string of the molecule is Cc1ccc(/C=N\O)c2ccccc12. The van der Waals surface area contributed by atoms with Crippen molar-refractivity contribution >= 4 is 17.0 Å². The summed E-state index contributed by atoms with van der Waals surface area (Å²) in [7, 11) is 0. The third kappa shape index (κ3) is 1.35. The Bertz CT molecular complexity index is 489. The molecule has 0 aliphatic heterocycles. The molecule has 0 bridgehead atoms. The molecule has 2 heteroatoms. The molecule has 0 aliphatic carbocycles. The number of aryl methyl sites for hydroxylation is 1. The molecule has 0 saturated carbocycles. The van der Waals surface area contributed by atoms with E-state index in [9.17, 15) is 0 Å². The summed E-state index contributed by atoms with van der Waals surface area (Å²) in [6.07, 6.45) is 1.46. The Labute approximate surface area is 82.5 Å². The average molecular weight is 185 g/mol. The van der Waals surface area contributed by atoms with Gasteiger partial charge in [0.15, 0.2) is 0 Å². The standard InChI is InChI=1S/C12H11NO/c1-9-6-7-10(8-13-14)12-5-3-2-4-11(9)12/h2-8,14H,1H3/b13-8-. The van der Waals surface area contributed by atoms with Gasteiger partial charge in [-0.05, 0) is 23.3 Å². The van der Waals surface area contributed by atoms with E-state index in [1.54, 1.807) is 0 Å². The number of oxime groups is 1. The van der Waals surface area contributed by atoms with E-state index in [0.717, 1.165) is 10.9 Å². The first-order valence-corrected chi connectivity index (χ1v) is 4.48. The van der Waals surface area contributed by atoms with Crippen molar-refractivity contribution in [2.45, 2.75) is 6.92 Å². The van der Waals surface area contributed by atoms with E-state index >= 15 is 0 Å². The molecule has 0 saturated heterocycles. The second kappa shape index (κ2) is 3.50. The van der Waals surface area contributed by atoms with Crippen LogP contribution in [0.4, 0.5) is 0 Å². The zero-order valence-corrected chi connectivity index (χ0v) is 7.94. The van der Waals surface area contributed by atoms with Crippen LogP contribution < -0.4 is 0 Å². The zero-order valence-electron chi connectivity index (χ0n) is 7.94. The topological polar surface area (TPSA) is 32.6 Å². The monoisotopic (exact) mass is 185 g/mol. The Kier molecular flexibility index (Phi) is 2.19. The quantitative estimate of drug-likeness (QED) is 0.413. The number of fused-ring (bicyclic) bond motifs is 1. The number of hydrogen-bond acceptors (Lipinski definition) is 2. The van der Waals surface area contributed by atoms with Gasteiger partial charge >= 0.3 is 0 Å². The van der Waals surface area contributed by atoms with Crippen LogP contribution in [0.3, 0.4) is 0 Å². The fraction of sp³-hybridized carbons (Fsp3) is 0.0833. The molecule has 0 aliphatic rings.